The van der Waals surface area contributed by atoms with Crippen molar-refractivity contribution in [2.75, 3.05) is 26.2 Å². The fraction of sp³-hybridized carbons (Fsp3) is 0.571. The van der Waals surface area contributed by atoms with E-state index in [1.807, 2.05) is 26.0 Å². The number of halogens is 1. The third kappa shape index (κ3) is 4.21. The molecule has 0 aliphatic carbocycles. The summed E-state index contributed by atoms with van der Waals surface area (Å²) in [6, 6.07) is 4.01. The van der Waals surface area contributed by atoms with Crippen molar-refractivity contribution in [3.05, 3.63) is 28.3 Å². The van der Waals surface area contributed by atoms with Crippen LogP contribution in [-0.4, -0.2) is 26.2 Å². The zero-order chi connectivity index (χ0) is 12.8. The molecule has 0 aromatic heterocycles. The van der Waals surface area contributed by atoms with E-state index in [9.17, 15) is 0 Å². The Hall–Kier alpha value is -0.730. The highest BCUT2D eigenvalue weighted by atomic mass is 35.5. The van der Waals surface area contributed by atoms with Crippen molar-refractivity contribution in [3.8, 4) is 5.75 Å². The van der Waals surface area contributed by atoms with Crippen LogP contribution < -0.4 is 9.64 Å². The molecule has 0 radical (unpaired) electrons. The maximum Gasteiger partial charge on any atom is 0.137 e. The Morgan fingerprint density at radius 3 is 2.12 bits per heavy atom. The van der Waals surface area contributed by atoms with Gasteiger partial charge in [-0.25, -0.2) is 0 Å². The summed E-state index contributed by atoms with van der Waals surface area (Å²) < 4.78 is 5.78. The lowest BCUT2D eigenvalue weighted by atomic mass is 10.1. The molecule has 0 amide bonds. The smallest absolute Gasteiger partial charge is 0.137 e. The van der Waals surface area contributed by atoms with Gasteiger partial charge >= 0.3 is 0 Å². The summed E-state index contributed by atoms with van der Waals surface area (Å²) in [4.78, 5) is 1.56. The Morgan fingerprint density at radius 1 is 1.12 bits per heavy atom. The van der Waals surface area contributed by atoms with Crippen LogP contribution >= 0.6 is 11.6 Å². The van der Waals surface area contributed by atoms with Gasteiger partial charge in [0.05, 0.1) is 13.1 Å². The maximum atomic E-state index is 6.12. The first-order chi connectivity index (χ1) is 8.08. The summed E-state index contributed by atoms with van der Waals surface area (Å²) in [6.45, 7) is 12.5. The van der Waals surface area contributed by atoms with Crippen molar-refractivity contribution in [2.45, 2.75) is 27.7 Å². The topological polar surface area (TPSA) is 13.7 Å². The lowest BCUT2D eigenvalue weighted by Crippen LogP contribution is -3.12. The Balaban J connectivity index is 2.52. The van der Waals surface area contributed by atoms with Gasteiger partial charge in [-0.2, -0.15) is 0 Å². The minimum Gasteiger partial charge on any atom is -0.488 e. The van der Waals surface area contributed by atoms with Gasteiger partial charge in [0.25, 0.3) is 0 Å². The number of nitrogens with one attached hydrogen (secondary N) is 1. The molecule has 0 bridgehead atoms. The lowest BCUT2D eigenvalue weighted by Gasteiger charge is -2.16. The van der Waals surface area contributed by atoms with Gasteiger partial charge in [-0.05, 0) is 51.0 Å². The molecule has 96 valence electrons. The van der Waals surface area contributed by atoms with Crippen LogP contribution in [0.4, 0.5) is 0 Å². The number of hydrogen-bond donors (Lipinski definition) is 1. The van der Waals surface area contributed by atoms with E-state index in [1.165, 1.54) is 0 Å². The van der Waals surface area contributed by atoms with Crippen molar-refractivity contribution in [1.82, 2.24) is 0 Å². The Labute approximate surface area is 110 Å². The normalized spacial score (nSPS) is 10.9. The molecule has 2 nitrogen and oxygen atoms in total. The van der Waals surface area contributed by atoms with Crippen molar-refractivity contribution in [3.63, 3.8) is 0 Å². The Morgan fingerprint density at radius 2 is 1.65 bits per heavy atom. The fourth-order valence-electron chi connectivity index (χ4n) is 1.91. The molecule has 0 aliphatic heterocycles. The standard InChI is InChI=1S/C14H22ClNO/c1-5-16(6-2)7-8-17-13-9-11(3)14(15)12(4)10-13/h9-10H,5-8H2,1-4H3/p+1. The van der Waals surface area contributed by atoms with Gasteiger partial charge in [-0.15, -0.1) is 0 Å². The molecule has 0 spiro atoms. The molecule has 1 N–H and O–H groups in total. The Kier molecular flexibility index (Phi) is 5.79. The maximum absolute atomic E-state index is 6.12. The first-order valence-corrected chi connectivity index (χ1v) is 6.69. The molecule has 17 heavy (non-hydrogen) atoms. The quantitative estimate of drug-likeness (QED) is 0.824. The first-order valence-electron chi connectivity index (χ1n) is 6.31. The molecule has 1 aromatic carbocycles. The molecule has 0 atom stereocenters. The zero-order valence-corrected chi connectivity index (χ0v) is 12.0. The van der Waals surface area contributed by atoms with Crippen LogP contribution in [-0.2, 0) is 0 Å². The van der Waals surface area contributed by atoms with Crippen molar-refractivity contribution in [2.24, 2.45) is 0 Å². The van der Waals surface area contributed by atoms with E-state index in [4.69, 9.17) is 16.3 Å². The summed E-state index contributed by atoms with van der Waals surface area (Å²) in [5.41, 5.74) is 2.16. The minimum atomic E-state index is 0.761. The van der Waals surface area contributed by atoms with E-state index in [2.05, 4.69) is 13.8 Å². The zero-order valence-electron chi connectivity index (χ0n) is 11.3. The molecule has 0 saturated carbocycles. The largest absolute Gasteiger partial charge is 0.488 e. The molecule has 1 rings (SSSR count). The highest BCUT2D eigenvalue weighted by Gasteiger charge is 2.05. The highest BCUT2D eigenvalue weighted by molar-refractivity contribution is 6.32. The monoisotopic (exact) mass is 256 g/mol. The van der Waals surface area contributed by atoms with Gasteiger partial charge in [0.2, 0.25) is 0 Å². The SMILES string of the molecule is CC[NH+](CC)CCOc1cc(C)c(Cl)c(C)c1. The van der Waals surface area contributed by atoms with Crippen LogP contribution in [0.15, 0.2) is 12.1 Å². The summed E-state index contributed by atoms with van der Waals surface area (Å²) in [6.07, 6.45) is 0. The van der Waals surface area contributed by atoms with Crippen LogP contribution in [0, 0.1) is 13.8 Å². The van der Waals surface area contributed by atoms with Gasteiger partial charge in [-0.3, -0.25) is 0 Å². The van der Waals surface area contributed by atoms with Gasteiger partial charge in [0, 0.05) is 5.02 Å². The molecule has 0 fully saturated rings. The third-order valence-corrected chi connectivity index (χ3v) is 3.73. The summed E-state index contributed by atoms with van der Waals surface area (Å²) in [5.74, 6) is 0.927. The molecule has 0 aliphatic rings. The van der Waals surface area contributed by atoms with E-state index in [-0.39, 0.29) is 0 Å². The van der Waals surface area contributed by atoms with Crippen LogP contribution in [0.2, 0.25) is 5.02 Å². The van der Waals surface area contributed by atoms with Crippen molar-refractivity contribution < 1.29 is 9.64 Å². The molecule has 0 unspecified atom stereocenters. The second-order valence-corrected chi connectivity index (χ2v) is 4.80. The third-order valence-electron chi connectivity index (χ3n) is 3.13. The number of rotatable bonds is 6. The lowest BCUT2D eigenvalue weighted by molar-refractivity contribution is -0.896. The number of hydrogen-bond acceptors (Lipinski definition) is 1. The average Bonchev–Trinajstić information content (AvgIpc) is 2.31. The summed E-state index contributed by atoms with van der Waals surface area (Å²) in [7, 11) is 0. The van der Waals surface area contributed by atoms with Crippen LogP contribution in [0.1, 0.15) is 25.0 Å². The van der Waals surface area contributed by atoms with Crippen molar-refractivity contribution in [1.29, 1.82) is 0 Å². The van der Waals surface area contributed by atoms with Crippen LogP contribution in [0.25, 0.3) is 0 Å². The molecule has 1 aromatic rings. The molecule has 3 heteroatoms. The van der Waals surface area contributed by atoms with E-state index in [1.54, 1.807) is 4.90 Å². The second kappa shape index (κ2) is 6.87. The summed E-state index contributed by atoms with van der Waals surface area (Å²) >= 11 is 6.12. The molecule has 0 saturated heterocycles. The molecular weight excluding hydrogens is 234 g/mol. The summed E-state index contributed by atoms with van der Waals surface area (Å²) in [5, 5.41) is 0.840. The van der Waals surface area contributed by atoms with E-state index < -0.39 is 0 Å². The van der Waals surface area contributed by atoms with E-state index in [0.717, 1.165) is 48.1 Å². The first kappa shape index (κ1) is 14.3. The van der Waals surface area contributed by atoms with Gasteiger partial charge in [0.1, 0.15) is 18.9 Å². The van der Waals surface area contributed by atoms with E-state index >= 15 is 0 Å². The minimum absolute atomic E-state index is 0.761. The number of likely N-dealkylation sites (N-methyl/N-ethyl adjacent to an activating group) is 1. The fourth-order valence-corrected chi connectivity index (χ4v) is 2.02. The van der Waals surface area contributed by atoms with Gasteiger partial charge < -0.3 is 9.64 Å². The second-order valence-electron chi connectivity index (χ2n) is 4.43. The molecule has 0 heterocycles. The number of quaternary nitrogens is 1. The van der Waals surface area contributed by atoms with Crippen molar-refractivity contribution >= 4 is 11.6 Å². The Bertz CT molecular complexity index is 338. The van der Waals surface area contributed by atoms with Crippen LogP contribution in [0.3, 0.4) is 0 Å². The highest BCUT2D eigenvalue weighted by Crippen LogP contribution is 2.25. The van der Waals surface area contributed by atoms with Gasteiger partial charge in [-0.1, -0.05) is 11.6 Å². The molecular formula is C14H23ClNO+. The number of benzene rings is 1. The van der Waals surface area contributed by atoms with E-state index in [0.29, 0.717) is 0 Å². The predicted molar refractivity (Wildman–Crippen MR) is 73.3 cm³/mol. The number of aryl methyl sites for hydroxylation is 2. The average molecular weight is 257 g/mol. The predicted octanol–water partition coefficient (Wildman–Crippen LogP) is 2.26. The number of ether oxygens (including phenoxy) is 1. The van der Waals surface area contributed by atoms with Crippen LogP contribution in [0.5, 0.6) is 5.75 Å². The van der Waals surface area contributed by atoms with Gasteiger partial charge in [0.15, 0.2) is 0 Å².